The van der Waals surface area contributed by atoms with Gasteiger partial charge in [-0.15, -0.1) is 0 Å². The van der Waals surface area contributed by atoms with E-state index >= 15 is 0 Å². The van der Waals surface area contributed by atoms with Crippen LogP contribution in [0.4, 0.5) is 20.6 Å². The standard InChI is InChI=1S/C13H8Cl2FIN2O/c14-9-3-2-8(6-10(9)15)18-13(20)19-12-4-1-7(16)5-11(12)17/h1-6H,(H2,18,19,20). The molecule has 0 aliphatic rings. The van der Waals surface area contributed by atoms with Crippen LogP contribution in [0.2, 0.25) is 10.0 Å². The number of carbonyl (C=O) groups is 1. The summed E-state index contributed by atoms with van der Waals surface area (Å²) in [5.41, 5.74) is 1.03. The molecule has 0 aliphatic heterocycles. The first kappa shape index (κ1) is 15.3. The summed E-state index contributed by atoms with van der Waals surface area (Å²) in [5.74, 6) is -0.357. The summed E-state index contributed by atoms with van der Waals surface area (Å²) in [6.45, 7) is 0. The average molecular weight is 425 g/mol. The van der Waals surface area contributed by atoms with Gasteiger partial charge in [-0.05, 0) is 59.0 Å². The summed E-state index contributed by atoms with van der Waals surface area (Å²) < 4.78 is 13.6. The lowest BCUT2D eigenvalue weighted by Gasteiger charge is -2.09. The third-order valence-corrected chi connectivity index (χ3v) is 3.99. The Morgan fingerprint density at radius 2 is 1.80 bits per heavy atom. The van der Waals surface area contributed by atoms with E-state index in [0.717, 1.165) is 0 Å². The van der Waals surface area contributed by atoms with Gasteiger partial charge in [-0.1, -0.05) is 23.2 Å². The molecule has 0 heterocycles. The molecule has 2 aromatic rings. The van der Waals surface area contributed by atoms with Crippen LogP contribution in [0.25, 0.3) is 0 Å². The molecule has 0 aromatic heterocycles. The first-order chi connectivity index (χ1) is 9.45. The number of urea groups is 1. The lowest BCUT2D eigenvalue weighted by atomic mass is 10.3. The maximum atomic E-state index is 13.0. The highest BCUT2D eigenvalue weighted by molar-refractivity contribution is 14.1. The van der Waals surface area contributed by atoms with Crippen molar-refractivity contribution in [1.82, 2.24) is 0 Å². The molecule has 3 nitrogen and oxygen atoms in total. The van der Waals surface area contributed by atoms with E-state index in [4.69, 9.17) is 23.2 Å². The lowest BCUT2D eigenvalue weighted by Crippen LogP contribution is -2.20. The number of anilines is 2. The minimum absolute atomic E-state index is 0.348. The largest absolute Gasteiger partial charge is 0.323 e. The van der Waals surface area contributed by atoms with Crippen LogP contribution in [-0.2, 0) is 0 Å². The molecule has 20 heavy (non-hydrogen) atoms. The van der Waals surface area contributed by atoms with Crippen molar-refractivity contribution in [1.29, 1.82) is 0 Å². The number of hydrogen-bond donors (Lipinski definition) is 2. The molecule has 0 fully saturated rings. The topological polar surface area (TPSA) is 41.1 Å². The summed E-state index contributed by atoms with van der Waals surface area (Å²) in [7, 11) is 0. The number of rotatable bonds is 2. The van der Waals surface area contributed by atoms with Crippen LogP contribution in [0.5, 0.6) is 0 Å². The van der Waals surface area contributed by atoms with E-state index in [1.165, 1.54) is 18.2 Å². The van der Waals surface area contributed by atoms with Gasteiger partial charge in [-0.25, -0.2) is 9.18 Å². The Bertz CT molecular complexity index is 667. The molecule has 0 spiro atoms. The van der Waals surface area contributed by atoms with E-state index in [9.17, 15) is 9.18 Å². The lowest BCUT2D eigenvalue weighted by molar-refractivity contribution is 0.262. The van der Waals surface area contributed by atoms with Gasteiger partial charge in [0.15, 0.2) is 0 Å². The Balaban J connectivity index is 2.07. The Labute approximate surface area is 138 Å². The van der Waals surface area contributed by atoms with Crippen molar-refractivity contribution in [3.8, 4) is 0 Å². The predicted octanol–water partition coefficient (Wildman–Crippen LogP) is 5.38. The molecule has 0 unspecified atom stereocenters. The second kappa shape index (κ2) is 6.60. The van der Waals surface area contributed by atoms with Crippen LogP contribution < -0.4 is 10.6 Å². The van der Waals surface area contributed by atoms with Gasteiger partial charge in [0.2, 0.25) is 0 Å². The molecule has 0 atom stereocenters. The van der Waals surface area contributed by atoms with Gasteiger partial charge in [0, 0.05) is 9.26 Å². The minimum atomic E-state index is -0.451. The summed E-state index contributed by atoms with van der Waals surface area (Å²) in [4.78, 5) is 11.8. The quantitative estimate of drug-likeness (QED) is 0.624. The zero-order valence-corrected chi connectivity index (χ0v) is 13.6. The van der Waals surface area contributed by atoms with Gasteiger partial charge in [-0.3, -0.25) is 0 Å². The van der Waals surface area contributed by atoms with Crippen LogP contribution in [0.15, 0.2) is 36.4 Å². The number of hydrogen-bond acceptors (Lipinski definition) is 1. The van der Waals surface area contributed by atoms with Crippen LogP contribution in [0.3, 0.4) is 0 Å². The maximum absolute atomic E-state index is 13.0. The Morgan fingerprint density at radius 1 is 1.05 bits per heavy atom. The van der Waals surface area contributed by atoms with E-state index in [0.29, 0.717) is 25.0 Å². The Kier molecular flexibility index (Phi) is 5.06. The fourth-order valence-electron chi connectivity index (χ4n) is 1.45. The van der Waals surface area contributed by atoms with Crippen LogP contribution in [-0.4, -0.2) is 6.03 Å². The number of carbonyl (C=O) groups excluding carboxylic acids is 1. The van der Waals surface area contributed by atoms with E-state index in [1.807, 2.05) is 22.6 Å². The Morgan fingerprint density at radius 3 is 2.45 bits per heavy atom. The second-order valence-electron chi connectivity index (χ2n) is 3.83. The van der Waals surface area contributed by atoms with Gasteiger partial charge >= 0.3 is 6.03 Å². The molecule has 7 heteroatoms. The van der Waals surface area contributed by atoms with Crippen LogP contribution in [0, 0.1) is 9.39 Å². The summed E-state index contributed by atoms with van der Waals surface area (Å²) in [6, 6.07) is 8.40. The monoisotopic (exact) mass is 424 g/mol. The van der Waals surface area contributed by atoms with Crippen molar-refractivity contribution in [2.75, 3.05) is 10.6 Å². The average Bonchev–Trinajstić information content (AvgIpc) is 2.37. The van der Waals surface area contributed by atoms with Gasteiger partial charge in [-0.2, -0.15) is 0 Å². The van der Waals surface area contributed by atoms with Crippen molar-refractivity contribution in [2.45, 2.75) is 0 Å². The number of benzene rings is 2. The molecule has 0 saturated heterocycles. The smallest absolute Gasteiger partial charge is 0.308 e. The molecule has 2 rings (SSSR count). The molecular formula is C13H8Cl2FIN2O. The maximum Gasteiger partial charge on any atom is 0.323 e. The molecule has 2 amide bonds. The number of nitrogens with one attached hydrogen (secondary N) is 2. The van der Waals surface area contributed by atoms with Gasteiger partial charge in [0.1, 0.15) is 5.82 Å². The second-order valence-corrected chi connectivity index (χ2v) is 5.81. The third kappa shape index (κ3) is 3.97. The van der Waals surface area contributed by atoms with Crippen LogP contribution >= 0.6 is 45.8 Å². The highest BCUT2D eigenvalue weighted by Crippen LogP contribution is 2.25. The highest BCUT2D eigenvalue weighted by Gasteiger charge is 2.07. The van der Waals surface area contributed by atoms with Crippen LogP contribution in [0.1, 0.15) is 0 Å². The molecule has 2 aromatic carbocycles. The van der Waals surface area contributed by atoms with Crippen molar-refractivity contribution in [3.63, 3.8) is 0 Å². The normalized spacial score (nSPS) is 10.2. The molecule has 0 bridgehead atoms. The summed E-state index contributed by atoms with van der Waals surface area (Å²) >= 11 is 13.6. The first-order valence-corrected chi connectivity index (χ1v) is 7.27. The highest BCUT2D eigenvalue weighted by atomic mass is 127. The zero-order valence-electron chi connectivity index (χ0n) is 9.88. The fourth-order valence-corrected chi connectivity index (χ4v) is 2.36. The van der Waals surface area contributed by atoms with Crippen molar-refractivity contribution in [3.05, 3.63) is 55.8 Å². The van der Waals surface area contributed by atoms with Crippen molar-refractivity contribution < 1.29 is 9.18 Å². The zero-order chi connectivity index (χ0) is 14.7. The van der Waals surface area contributed by atoms with E-state index in [1.54, 1.807) is 18.2 Å². The summed E-state index contributed by atoms with van der Waals surface area (Å²) in [6.07, 6.45) is 0. The number of halogens is 4. The number of amides is 2. The first-order valence-electron chi connectivity index (χ1n) is 5.44. The Hall–Kier alpha value is -1.05. The summed E-state index contributed by atoms with van der Waals surface area (Å²) in [5, 5.41) is 5.99. The minimum Gasteiger partial charge on any atom is -0.308 e. The molecule has 0 radical (unpaired) electrons. The molecule has 0 saturated carbocycles. The van der Waals surface area contributed by atoms with Gasteiger partial charge in [0.25, 0.3) is 0 Å². The van der Waals surface area contributed by atoms with E-state index in [2.05, 4.69) is 10.6 Å². The van der Waals surface area contributed by atoms with Gasteiger partial charge in [0.05, 0.1) is 15.7 Å². The third-order valence-electron chi connectivity index (χ3n) is 2.36. The molecular weight excluding hydrogens is 417 g/mol. The fraction of sp³-hybridized carbons (Fsp3) is 0. The van der Waals surface area contributed by atoms with E-state index in [-0.39, 0.29) is 5.82 Å². The molecule has 2 N–H and O–H groups in total. The molecule has 0 aliphatic carbocycles. The predicted molar refractivity (Wildman–Crippen MR) is 88.2 cm³/mol. The van der Waals surface area contributed by atoms with Gasteiger partial charge < -0.3 is 10.6 Å². The van der Waals surface area contributed by atoms with E-state index < -0.39 is 6.03 Å². The molecule has 104 valence electrons. The van der Waals surface area contributed by atoms with Crippen molar-refractivity contribution >= 4 is 63.2 Å². The van der Waals surface area contributed by atoms with Crippen molar-refractivity contribution in [2.24, 2.45) is 0 Å². The SMILES string of the molecule is O=C(Nc1ccc(Cl)c(Cl)c1)Nc1ccc(F)cc1I.